The summed E-state index contributed by atoms with van der Waals surface area (Å²) in [4.78, 5) is 2.36. The van der Waals surface area contributed by atoms with Crippen LogP contribution in [-0.2, 0) is 11.4 Å². The van der Waals surface area contributed by atoms with E-state index in [2.05, 4.69) is 23.0 Å². The molecule has 0 N–H and O–H groups in total. The number of nitrogens with zero attached hydrogens (tertiary/aromatic N) is 4. The lowest BCUT2D eigenvalue weighted by atomic mass is 10.1. The third-order valence-corrected chi connectivity index (χ3v) is 3.78. The standard InChI is InChI=1S/C16H18N4O/c1-13-11-21-9-8-19(13)12-20-7-6-16(18-20)15-4-2-14(10-17)3-5-15/h2-7,13H,8-9,11-12H2,1H3. The molecule has 1 aromatic carbocycles. The number of benzene rings is 1. The van der Waals surface area contributed by atoms with Gasteiger partial charge in [-0.1, -0.05) is 12.1 Å². The second-order valence-corrected chi connectivity index (χ2v) is 5.31. The molecule has 1 aliphatic rings. The predicted molar refractivity (Wildman–Crippen MR) is 79.4 cm³/mol. The Morgan fingerprint density at radius 1 is 1.33 bits per heavy atom. The van der Waals surface area contributed by atoms with Gasteiger partial charge in [0.15, 0.2) is 0 Å². The lowest BCUT2D eigenvalue weighted by molar-refractivity contribution is -0.0171. The summed E-state index contributed by atoms with van der Waals surface area (Å²) in [5.74, 6) is 0. The van der Waals surface area contributed by atoms with E-state index in [0.29, 0.717) is 11.6 Å². The summed E-state index contributed by atoms with van der Waals surface area (Å²) in [6.07, 6.45) is 2.00. The van der Waals surface area contributed by atoms with E-state index in [4.69, 9.17) is 10.00 Å². The minimum atomic E-state index is 0.418. The van der Waals surface area contributed by atoms with Gasteiger partial charge in [-0.3, -0.25) is 9.58 Å². The number of hydrogen-bond donors (Lipinski definition) is 0. The Kier molecular flexibility index (Phi) is 4.00. The van der Waals surface area contributed by atoms with Crippen molar-refractivity contribution >= 4 is 0 Å². The van der Waals surface area contributed by atoms with Crippen LogP contribution in [0.25, 0.3) is 11.3 Å². The average molecular weight is 282 g/mol. The van der Waals surface area contributed by atoms with Gasteiger partial charge in [-0.2, -0.15) is 10.4 Å². The van der Waals surface area contributed by atoms with Crippen molar-refractivity contribution in [2.24, 2.45) is 0 Å². The Morgan fingerprint density at radius 3 is 2.86 bits per heavy atom. The van der Waals surface area contributed by atoms with E-state index in [1.165, 1.54) is 0 Å². The van der Waals surface area contributed by atoms with E-state index in [-0.39, 0.29) is 0 Å². The van der Waals surface area contributed by atoms with Crippen LogP contribution in [0.4, 0.5) is 0 Å². The van der Waals surface area contributed by atoms with E-state index < -0.39 is 0 Å². The molecule has 0 spiro atoms. The van der Waals surface area contributed by atoms with Gasteiger partial charge in [0.1, 0.15) is 0 Å². The van der Waals surface area contributed by atoms with E-state index in [1.807, 2.05) is 41.2 Å². The van der Waals surface area contributed by atoms with Crippen LogP contribution in [0.1, 0.15) is 12.5 Å². The molecule has 2 heterocycles. The number of ether oxygens (including phenoxy) is 1. The fourth-order valence-corrected chi connectivity index (χ4v) is 2.47. The van der Waals surface area contributed by atoms with Gasteiger partial charge in [-0.05, 0) is 25.1 Å². The second-order valence-electron chi connectivity index (χ2n) is 5.31. The minimum Gasteiger partial charge on any atom is -0.379 e. The fraction of sp³-hybridized carbons (Fsp3) is 0.375. The highest BCUT2D eigenvalue weighted by Gasteiger charge is 2.19. The Balaban J connectivity index is 1.72. The molecule has 1 fully saturated rings. The molecule has 21 heavy (non-hydrogen) atoms. The Morgan fingerprint density at radius 2 is 2.14 bits per heavy atom. The Bertz CT molecular complexity index is 641. The molecule has 5 heteroatoms. The third kappa shape index (κ3) is 3.13. The van der Waals surface area contributed by atoms with Crippen molar-refractivity contribution in [2.75, 3.05) is 19.8 Å². The summed E-state index contributed by atoms with van der Waals surface area (Å²) in [6.45, 7) is 5.45. The molecule has 3 rings (SSSR count). The van der Waals surface area contributed by atoms with E-state index in [9.17, 15) is 0 Å². The van der Waals surface area contributed by atoms with Gasteiger partial charge in [-0.25, -0.2) is 0 Å². The molecule has 0 bridgehead atoms. The quantitative estimate of drug-likeness (QED) is 0.865. The molecule has 2 aromatic rings. The highest BCUT2D eigenvalue weighted by atomic mass is 16.5. The lowest BCUT2D eigenvalue weighted by Gasteiger charge is -2.32. The van der Waals surface area contributed by atoms with Crippen molar-refractivity contribution in [1.29, 1.82) is 5.26 Å². The first-order chi connectivity index (χ1) is 10.3. The van der Waals surface area contributed by atoms with Crippen LogP contribution in [0.15, 0.2) is 36.5 Å². The number of rotatable bonds is 3. The number of nitriles is 1. The zero-order valence-corrected chi connectivity index (χ0v) is 12.1. The molecule has 1 unspecified atom stereocenters. The van der Waals surface area contributed by atoms with Crippen molar-refractivity contribution in [1.82, 2.24) is 14.7 Å². The first-order valence-corrected chi connectivity index (χ1v) is 7.12. The highest BCUT2D eigenvalue weighted by molar-refractivity contribution is 5.59. The zero-order chi connectivity index (χ0) is 14.7. The van der Waals surface area contributed by atoms with Crippen molar-refractivity contribution in [3.63, 3.8) is 0 Å². The van der Waals surface area contributed by atoms with Gasteiger partial charge < -0.3 is 4.74 Å². The summed E-state index contributed by atoms with van der Waals surface area (Å²) in [6, 6.07) is 12.1. The molecule has 0 aliphatic carbocycles. The highest BCUT2D eigenvalue weighted by Crippen LogP contribution is 2.18. The van der Waals surface area contributed by atoms with Gasteiger partial charge in [0.2, 0.25) is 0 Å². The van der Waals surface area contributed by atoms with Crippen LogP contribution >= 0.6 is 0 Å². The SMILES string of the molecule is CC1COCCN1Cn1ccc(-c2ccc(C#N)cc2)n1. The molecule has 1 atom stereocenters. The summed E-state index contributed by atoms with van der Waals surface area (Å²) < 4.78 is 7.40. The van der Waals surface area contributed by atoms with Gasteiger partial charge in [0.05, 0.1) is 37.2 Å². The Hall–Kier alpha value is -2.16. The summed E-state index contributed by atoms with van der Waals surface area (Å²) in [7, 11) is 0. The summed E-state index contributed by atoms with van der Waals surface area (Å²) >= 11 is 0. The molecule has 0 amide bonds. The molecule has 1 aromatic heterocycles. The van der Waals surface area contributed by atoms with Crippen LogP contribution in [0.3, 0.4) is 0 Å². The molecule has 1 aliphatic heterocycles. The van der Waals surface area contributed by atoms with Crippen molar-refractivity contribution in [3.05, 3.63) is 42.1 Å². The largest absolute Gasteiger partial charge is 0.379 e. The average Bonchev–Trinajstić information content (AvgIpc) is 2.98. The maximum Gasteiger partial charge on any atom is 0.0991 e. The summed E-state index contributed by atoms with van der Waals surface area (Å²) in [5, 5.41) is 13.4. The monoisotopic (exact) mass is 282 g/mol. The number of hydrogen-bond acceptors (Lipinski definition) is 4. The van der Waals surface area contributed by atoms with Crippen LogP contribution in [0.5, 0.6) is 0 Å². The smallest absolute Gasteiger partial charge is 0.0991 e. The van der Waals surface area contributed by atoms with E-state index in [0.717, 1.165) is 37.7 Å². The van der Waals surface area contributed by atoms with Gasteiger partial charge >= 0.3 is 0 Å². The maximum absolute atomic E-state index is 8.82. The fourth-order valence-electron chi connectivity index (χ4n) is 2.47. The van der Waals surface area contributed by atoms with Gasteiger partial charge in [-0.15, -0.1) is 0 Å². The predicted octanol–water partition coefficient (Wildman–Crippen LogP) is 2.10. The number of aromatic nitrogens is 2. The van der Waals surface area contributed by atoms with Gasteiger partial charge in [0, 0.05) is 24.3 Å². The first kappa shape index (κ1) is 13.8. The van der Waals surface area contributed by atoms with E-state index >= 15 is 0 Å². The van der Waals surface area contributed by atoms with Crippen LogP contribution in [0.2, 0.25) is 0 Å². The summed E-state index contributed by atoms with van der Waals surface area (Å²) in [5.41, 5.74) is 2.63. The second kappa shape index (κ2) is 6.08. The van der Waals surface area contributed by atoms with Crippen LogP contribution in [-0.4, -0.2) is 40.5 Å². The molecular formula is C16H18N4O. The zero-order valence-electron chi connectivity index (χ0n) is 12.1. The molecular weight excluding hydrogens is 264 g/mol. The third-order valence-electron chi connectivity index (χ3n) is 3.78. The maximum atomic E-state index is 8.82. The lowest BCUT2D eigenvalue weighted by Crippen LogP contribution is -2.44. The molecule has 0 radical (unpaired) electrons. The first-order valence-electron chi connectivity index (χ1n) is 7.12. The normalized spacial score (nSPS) is 19.3. The molecule has 0 saturated carbocycles. The van der Waals surface area contributed by atoms with Crippen LogP contribution < -0.4 is 0 Å². The van der Waals surface area contributed by atoms with Crippen molar-refractivity contribution < 1.29 is 4.74 Å². The minimum absolute atomic E-state index is 0.418. The number of morpholine rings is 1. The molecule has 108 valence electrons. The molecule has 1 saturated heterocycles. The molecule has 5 nitrogen and oxygen atoms in total. The topological polar surface area (TPSA) is 54.1 Å². The van der Waals surface area contributed by atoms with Crippen molar-refractivity contribution in [3.8, 4) is 17.3 Å². The van der Waals surface area contributed by atoms with Crippen LogP contribution in [0, 0.1) is 11.3 Å². The van der Waals surface area contributed by atoms with E-state index in [1.54, 1.807) is 0 Å². The van der Waals surface area contributed by atoms with Crippen molar-refractivity contribution in [2.45, 2.75) is 19.6 Å². The van der Waals surface area contributed by atoms with Gasteiger partial charge in [0.25, 0.3) is 0 Å². The Labute approximate surface area is 124 Å².